The monoisotopic (exact) mass is 161 g/mol. The third-order valence-electron chi connectivity index (χ3n) is 2.88. The van der Waals surface area contributed by atoms with E-state index in [0.29, 0.717) is 0 Å². The second-order valence-electron chi connectivity index (χ2n) is 3.54. The zero-order valence-electron chi connectivity index (χ0n) is 7.77. The molecule has 1 saturated heterocycles. The quantitative estimate of drug-likeness (QED) is 0.467. The highest BCUT2D eigenvalue weighted by molar-refractivity contribution is 4.52. The minimum absolute atomic E-state index is 0. The molecule has 0 unspecified atom stereocenters. The van der Waals surface area contributed by atoms with Gasteiger partial charge in [0.25, 0.3) is 0 Å². The molecule has 0 spiro atoms. The first-order valence-corrected chi connectivity index (χ1v) is 4.68. The lowest BCUT2D eigenvalue weighted by atomic mass is 10.3. The van der Waals surface area contributed by atoms with Crippen LogP contribution in [0.2, 0.25) is 0 Å². The molecule has 0 bridgehead atoms. The maximum Gasteiger partial charge on any atom is 0.0788 e. The molecule has 0 aromatic heterocycles. The van der Waals surface area contributed by atoms with E-state index < -0.39 is 0 Å². The molecule has 0 amide bonds. The standard InChI is InChI=1S/C9H20N.FH/c1-3-7-10(4-2)8-5-6-9-10;/h3-9H2,1-2H3;1H/q+1;/p-1. The van der Waals surface area contributed by atoms with Gasteiger partial charge >= 0.3 is 0 Å². The van der Waals surface area contributed by atoms with Gasteiger partial charge in [0.1, 0.15) is 0 Å². The molecule has 0 aromatic carbocycles. The van der Waals surface area contributed by atoms with Crippen LogP contribution in [-0.4, -0.2) is 30.7 Å². The number of rotatable bonds is 3. The van der Waals surface area contributed by atoms with Gasteiger partial charge in [-0.15, -0.1) is 0 Å². The van der Waals surface area contributed by atoms with E-state index in [2.05, 4.69) is 13.8 Å². The first kappa shape index (κ1) is 10.9. The van der Waals surface area contributed by atoms with Crippen molar-refractivity contribution in [3.8, 4) is 0 Å². The van der Waals surface area contributed by atoms with E-state index >= 15 is 0 Å². The Hall–Kier alpha value is -0.110. The van der Waals surface area contributed by atoms with Crippen molar-refractivity contribution in [3.05, 3.63) is 0 Å². The minimum Gasteiger partial charge on any atom is -1.00 e. The van der Waals surface area contributed by atoms with Crippen molar-refractivity contribution in [2.24, 2.45) is 0 Å². The molecule has 0 aromatic rings. The molecule has 0 radical (unpaired) electrons. The Kier molecular flexibility index (Phi) is 4.66. The summed E-state index contributed by atoms with van der Waals surface area (Å²) in [6.07, 6.45) is 4.29. The van der Waals surface area contributed by atoms with Gasteiger partial charge < -0.3 is 9.19 Å². The van der Waals surface area contributed by atoms with Crippen LogP contribution in [0.4, 0.5) is 0 Å². The maximum absolute atomic E-state index is 2.33. The zero-order valence-corrected chi connectivity index (χ0v) is 7.77. The summed E-state index contributed by atoms with van der Waals surface area (Å²) in [4.78, 5) is 0. The van der Waals surface area contributed by atoms with Crippen LogP contribution in [-0.2, 0) is 0 Å². The van der Waals surface area contributed by atoms with Crippen molar-refractivity contribution < 1.29 is 9.19 Å². The highest BCUT2D eigenvalue weighted by Crippen LogP contribution is 2.18. The van der Waals surface area contributed by atoms with E-state index in [1.807, 2.05) is 0 Å². The van der Waals surface area contributed by atoms with E-state index in [-0.39, 0.29) is 4.70 Å². The molecule has 2 heteroatoms. The predicted octanol–water partition coefficient (Wildman–Crippen LogP) is -0.969. The lowest BCUT2D eigenvalue weighted by Crippen LogP contribution is -3.00. The Morgan fingerprint density at radius 1 is 1.09 bits per heavy atom. The lowest BCUT2D eigenvalue weighted by Gasteiger charge is -2.32. The molecule has 0 atom stereocenters. The molecule has 1 nitrogen and oxygen atoms in total. The average Bonchev–Trinajstić information content (AvgIpc) is 2.39. The molecular formula is C9H20FN. The van der Waals surface area contributed by atoms with Crippen molar-refractivity contribution in [2.45, 2.75) is 33.1 Å². The predicted molar refractivity (Wildman–Crippen MR) is 44.9 cm³/mol. The summed E-state index contributed by atoms with van der Waals surface area (Å²) < 4.78 is 1.41. The molecule has 0 aliphatic carbocycles. The van der Waals surface area contributed by atoms with Gasteiger partial charge in [-0.05, 0) is 13.3 Å². The van der Waals surface area contributed by atoms with Crippen LogP contribution in [0.1, 0.15) is 33.1 Å². The number of nitrogens with zero attached hydrogens (tertiary/aromatic N) is 1. The van der Waals surface area contributed by atoms with E-state index in [0.717, 1.165) is 0 Å². The highest BCUT2D eigenvalue weighted by atomic mass is 19.0. The van der Waals surface area contributed by atoms with Crippen molar-refractivity contribution in [1.82, 2.24) is 0 Å². The number of hydrogen-bond donors (Lipinski definition) is 0. The van der Waals surface area contributed by atoms with Gasteiger partial charge in [0.05, 0.1) is 26.2 Å². The van der Waals surface area contributed by atoms with Crippen molar-refractivity contribution in [3.63, 3.8) is 0 Å². The van der Waals surface area contributed by atoms with Gasteiger partial charge in [-0.25, -0.2) is 0 Å². The fourth-order valence-corrected chi connectivity index (χ4v) is 2.18. The Bertz CT molecular complexity index is 97.7. The van der Waals surface area contributed by atoms with Gasteiger partial charge in [0.15, 0.2) is 0 Å². The fraction of sp³-hybridized carbons (Fsp3) is 1.00. The minimum atomic E-state index is 0. The highest BCUT2D eigenvalue weighted by Gasteiger charge is 2.28. The van der Waals surface area contributed by atoms with E-state index in [1.165, 1.54) is 49.9 Å². The number of likely N-dealkylation sites (tertiary alicyclic amines) is 1. The van der Waals surface area contributed by atoms with Gasteiger partial charge in [-0.2, -0.15) is 0 Å². The van der Waals surface area contributed by atoms with Crippen molar-refractivity contribution in [2.75, 3.05) is 26.2 Å². The third kappa shape index (κ3) is 2.44. The van der Waals surface area contributed by atoms with E-state index in [1.54, 1.807) is 0 Å². The van der Waals surface area contributed by atoms with Gasteiger partial charge in [0, 0.05) is 12.8 Å². The molecule has 0 saturated carbocycles. The van der Waals surface area contributed by atoms with Crippen LogP contribution >= 0.6 is 0 Å². The van der Waals surface area contributed by atoms with Crippen LogP contribution < -0.4 is 4.70 Å². The topological polar surface area (TPSA) is 0 Å². The van der Waals surface area contributed by atoms with Gasteiger partial charge in [-0.3, -0.25) is 0 Å². The summed E-state index contributed by atoms with van der Waals surface area (Å²) in [6.45, 7) is 10.3. The average molecular weight is 161 g/mol. The van der Waals surface area contributed by atoms with Crippen LogP contribution in [0.15, 0.2) is 0 Å². The molecule has 1 aliphatic heterocycles. The van der Waals surface area contributed by atoms with Crippen molar-refractivity contribution in [1.29, 1.82) is 0 Å². The number of quaternary nitrogens is 1. The van der Waals surface area contributed by atoms with Gasteiger partial charge in [0.2, 0.25) is 0 Å². The van der Waals surface area contributed by atoms with Crippen molar-refractivity contribution >= 4 is 0 Å². The first-order valence-electron chi connectivity index (χ1n) is 4.68. The SMILES string of the molecule is CCC[N+]1(CC)CCCC1.[F-]. The van der Waals surface area contributed by atoms with Crippen LogP contribution in [0.5, 0.6) is 0 Å². The summed E-state index contributed by atoms with van der Waals surface area (Å²) >= 11 is 0. The van der Waals surface area contributed by atoms with Crippen LogP contribution in [0, 0.1) is 0 Å². The second-order valence-corrected chi connectivity index (χ2v) is 3.54. The summed E-state index contributed by atoms with van der Waals surface area (Å²) in [5, 5.41) is 0. The Morgan fingerprint density at radius 3 is 2.00 bits per heavy atom. The van der Waals surface area contributed by atoms with E-state index in [4.69, 9.17) is 0 Å². The van der Waals surface area contributed by atoms with Crippen LogP contribution in [0.3, 0.4) is 0 Å². The Labute approximate surface area is 69.4 Å². The number of halogens is 1. The molecule has 1 aliphatic rings. The summed E-state index contributed by atoms with van der Waals surface area (Å²) in [5.41, 5.74) is 0. The normalized spacial score (nSPS) is 21.3. The molecule has 0 N–H and O–H groups in total. The molecule has 1 fully saturated rings. The van der Waals surface area contributed by atoms with Crippen LogP contribution in [0.25, 0.3) is 0 Å². The molecular weight excluding hydrogens is 141 g/mol. The lowest BCUT2D eigenvalue weighted by molar-refractivity contribution is -0.915. The fourth-order valence-electron chi connectivity index (χ4n) is 2.18. The number of hydrogen-bond acceptors (Lipinski definition) is 0. The largest absolute Gasteiger partial charge is 1.00 e. The molecule has 11 heavy (non-hydrogen) atoms. The third-order valence-corrected chi connectivity index (χ3v) is 2.88. The molecule has 68 valence electrons. The maximum atomic E-state index is 2.33. The molecule has 1 rings (SSSR count). The van der Waals surface area contributed by atoms with E-state index in [9.17, 15) is 0 Å². The zero-order chi connectivity index (χ0) is 7.45. The molecule has 1 heterocycles. The summed E-state index contributed by atoms with van der Waals surface area (Å²) in [6, 6.07) is 0. The first-order chi connectivity index (χ1) is 4.83. The smallest absolute Gasteiger partial charge is 0.0788 e. The Balaban J connectivity index is 0.000001000. The summed E-state index contributed by atoms with van der Waals surface area (Å²) in [5.74, 6) is 0. The van der Waals surface area contributed by atoms with Gasteiger partial charge in [-0.1, -0.05) is 6.92 Å². The Morgan fingerprint density at radius 2 is 1.64 bits per heavy atom. The second kappa shape index (κ2) is 4.70. The summed E-state index contributed by atoms with van der Waals surface area (Å²) in [7, 11) is 0.